The smallest absolute Gasteiger partial charge is 0.253 e. The molecule has 2 aromatic carbocycles. The molecule has 24 heavy (non-hydrogen) atoms. The second-order valence-corrected chi connectivity index (χ2v) is 5.85. The molecule has 0 bridgehead atoms. The van der Waals surface area contributed by atoms with Crippen LogP contribution in [0, 0.1) is 0 Å². The molecule has 2 N–H and O–H groups in total. The first-order chi connectivity index (χ1) is 11.7. The molecule has 1 aliphatic rings. The van der Waals surface area contributed by atoms with E-state index in [1.807, 2.05) is 54.6 Å². The molecule has 0 radical (unpaired) electrons. The fraction of sp³-hybridized carbons (Fsp3) is 0.263. The molecule has 124 valence electrons. The van der Waals surface area contributed by atoms with Crippen LogP contribution in [0.25, 0.3) is 0 Å². The quantitative estimate of drug-likeness (QED) is 0.936. The predicted octanol–water partition coefficient (Wildman–Crippen LogP) is 1.74. The van der Waals surface area contributed by atoms with E-state index in [0.29, 0.717) is 43.9 Å². The number of hydrogen-bond acceptors (Lipinski definition) is 3. The number of benzene rings is 2. The Balaban J connectivity index is 1.60. The Morgan fingerprint density at radius 1 is 0.750 bits per heavy atom. The molecule has 0 aromatic heterocycles. The van der Waals surface area contributed by atoms with Crippen LogP contribution in [0.5, 0.6) is 0 Å². The number of nitrogens with two attached hydrogens (primary N) is 1. The lowest BCUT2D eigenvalue weighted by Gasteiger charge is -2.35. The fourth-order valence-corrected chi connectivity index (χ4v) is 2.84. The zero-order chi connectivity index (χ0) is 16.9. The largest absolute Gasteiger partial charge is 0.335 e. The number of carbonyl (C=O) groups is 2. The molecular weight excluding hydrogens is 302 g/mol. The molecule has 0 aliphatic carbocycles. The average Bonchev–Trinajstić information content (AvgIpc) is 2.68. The van der Waals surface area contributed by atoms with Gasteiger partial charge in [0, 0.05) is 43.9 Å². The summed E-state index contributed by atoms with van der Waals surface area (Å²) in [6, 6.07) is 16.6. The summed E-state index contributed by atoms with van der Waals surface area (Å²) >= 11 is 0. The maximum absolute atomic E-state index is 12.5. The van der Waals surface area contributed by atoms with Crippen molar-refractivity contribution in [3.8, 4) is 0 Å². The molecule has 5 nitrogen and oxygen atoms in total. The van der Waals surface area contributed by atoms with E-state index >= 15 is 0 Å². The van der Waals surface area contributed by atoms with E-state index in [9.17, 15) is 9.59 Å². The molecule has 1 aliphatic heterocycles. The van der Waals surface area contributed by atoms with Gasteiger partial charge in [0.25, 0.3) is 11.8 Å². The summed E-state index contributed by atoms with van der Waals surface area (Å²) < 4.78 is 0. The lowest BCUT2D eigenvalue weighted by atomic mass is 10.1. The van der Waals surface area contributed by atoms with Crippen molar-refractivity contribution in [2.75, 3.05) is 26.2 Å². The monoisotopic (exact) mass is 323 g/mol. The fourth-order valence-electron chi connectivity index (χ4n) is 2.84. The summed E-state index contributed by atoms with van der Waals surface area (Å²) in [5, 5.41) is 0. The number of amides is 2. The number of rotatable bonds is 3. The molecule has 1 saturated heterocycles. The molecule has 1 heterocycles. The summed E-state index contributed by atoms with van der Waals surface area (Å²) in [5.41, 5.74) is 7.93. The van der Waals surface area contributed by atoms with Crippen LogP contribution in [-0.2, 0) is 6.54 Å². The Kier molecular flexibility index (Phi) is 4.91. The maximum atomic E-state index is 12.5. The van der Waals surface area contributed by atoms with E-state index in [4.69, 9.17) is 5.73 Å². The highest BCUT2D eigenvalue weighted by Crippen LogP contribution is 2.12. The standard InChI is InChI=1S/C19H21N3O2/c20-14-15-6-8-17(9-7-15)19(24)22-12-10-21(11-13-22)18(23)16-4-2-1-3-5-16/h1-9H,10-14,20H2. The highest BCUT2D eigenvalue weighted by molar-refractivity contribution is 5.96. The minimum atomic E-state index is 0.00498. The third kappa shape index (κ3) is 3.46. The van der Waals surface area contributed by atoms with E-state index < -0.39 is 0 Å². The Labute approximate surface area is 141 Å². The first-order valence-corrected chi connectivity index (χ1v) is 8.11. The van der Waals surface area contributed by atoms with Crippen LogP contribution in [0.2, 0.25) is 0 Å². The van der Waals surface area contributed by atoms with E-state index in [2.05, 4.69) is 0 Å². The highest BCUT2D eigenvalue weighted by Gasteiger charge is 2.25. The van der Waals surface area contributed by atoms with Gasteiger partial charge in [-0.3, -0.25) is 9.59 Å². The Hall–Kier alpha value is -2.66. The third-order valence-electron chi connectivity index (χ3n) is 4.31. The van der Waals surface area contributed by atoms with Crippen LogP contribution in [0.3, 0.4) is 0 Å². The number of carbonyl (C=O) groups excluding carboxylic acids is 2. The van der Waals surface area contributed by atoms with Gasteiger partial charge in [0.15, 0.2) is 0 Å². The summed E-state index contributed by atoms with van der Waals surface area (Å²) in [7, 11) is 0. The van der Waals surface area contributed by atoms with Gasteiger partial charge in [0.2, 0.25) is 0 Å². The van der Waals surface area contributed by atoms with Gasteiger partial charge in [-0.1, -0.05) is 30.3 Å². The first kappa shape index (κ1) is 16.2. The summed E-state index contributed by atoms with van der Waals surface area (Å²) in [5.74, 6) is 0.0281. The van der Waals surface area contributed by atoms with Crippen LogP contribution < -0.4 is 5.73 Å². The average molecular weight is 323 g/mol. The second kappa shape index (κ2) is 7.27. The van der Waals surface area contributed by atoms with Crippen LogP contribution >= 0.6 is 0 Å². The molecule has 2 aromatic rings. The summed E-state index contributed by atoms with van der Waals surface area (Å²) in [4.78, 5) is 28.6. The second-order valence-electron chi connectivity index (χ2n) is 5.85. The summed E-state index contributed by atoms with van der Waals surface area (Å²) in [6.45, 7) is 2.68. The van der Waals surface area contributed by atoms with Crippen molar-refractivity contribution in [3.63, 3.8) is 0 Å². The van der Waals surface area contributed by atoms with E-state index in [1.165, 1.54) is 0 Å². The van der Waals surface area contributed by atoms with Gasteiger partial charge >= 0.3 is 0 Å². The molecule has 5 heteroatoms. The number of hydrogen-bond donors (Lipinski definition) is 1. The normalized spacial score (nSPS) is 14.5. The molecular formula is C19H21N3O2. The minimum absolute atomic E-state index is 0.00498. The summed E-state index contributed by atoms with van der Waals surface area (Å²) in [6.07, 6.45) is 0. The topological polar surface area (TPSA) is 66.6 Å². The van der Waals surface area contributed by atoms with Gasteiger partial charge in [0.05, 0.1) is 0 Å². The molecule has 0 saturated carbocycles. The van der Waals surface area contributed by atoms with E-state index in [1.54, 1.807) is 9.80 Å². The van der Waals surface area contributed by atoms with Gasteiger partial charge in [-0.2, -0.15) is 0 Å². The molecule has 0 spiro atoms. The van der Waals surface area contributed by atoms with Gasteiger partial charge < -0.3 is 15.5 Å². The molecule has 0 unspecified atom stereocenters. The van der Waals surface area contributed by atoms with Gasteiger partial charge in [0.1, 0.15) is 0 Å². The van der Waals surface area contributed by atoms with Crippen molar-refractivity contribution in [2.45, 2.75) is 6.54 Å². The van der Waals surface area contributed by atoms with Crippen LogP contribution in [0.1, 0.15) is 26.3 Å². The zero-order valence-electron chi connectivity index (χ0n) is 13.5. The van der Waals surface area contributed by atoms with Crippen molar-refractivity contribution in [1.29, 1.82) is 0 Å². The molecule has 1 fully saturated rings. The van der Waals surface area contributed by atoms with Crippen molar-refractivity contribution < 1.29 is 9.59 Å². The zero-order valence-corrected chi connectivity index (χ0v) is 13.5. The SMILES string of the molecule is NCc1ccc(C(=O)N2CCN(C(=O)c3ccccc3)CC2)cc1. The highest BCUT2D eigenvalue weighted by atomic mass is 16.2. The Morgan fingerprint density at radius 3 is 1.67 bits per heavy atom. The van der Waals surface area contributed by atoms with Crippen molar-refractivity contribution in [2.24, 2.45) is 5.73 Å². The van der Waals surface area contributed by atoms with Crippen LogP contribution in [-0.4, -0.2) is 47.8 Å². The van der Waals surface area contributed by atoms with Gasteiger partial charge in [-0.15, -0.1) is 0 Å². The Bertz CT molecular complexity index is 705. The van der Waals surface area contributed by atoms with Crippen molar-refractivity contribution in [1.82, 2.24) is 9.80 Å². The molecule has 3 rings (SSSR count). The molecule has 2 amide bonds. The lowest BCUT2D eigenvalue weighted by molar-refractivity contribution is 0.0535. The predicted molar refractivity (Wildman–Crippen MR) is 92.6 cm³/mol. The van der Waals surface area contributed by atoms with Crippen molar-refractivity contribution in [3.05, 3.63) is 71.3 Å². The first-order valence-electron chi connectivity index (χ1n) is 8.11. The number of nitrogens with zero attached hydrogens (tertiary/aromatic N) is 2. The maximum Gasteiger partial charge on any atom is 0.253 e. The lowest BCUT2D eigenvalue weighted by Crippen LogP contribution is -2.50. The van der Waals surface area contributed by atoms with Crippen LogP contribution in [0.4, 0.5) is 0 Å². The molecule has 0 atom stereocenters. The van der Waals surface area contributed by atoms with Gasteiger partial charge in [-0.25, -0.2) is 0 Å². The Morgan fingerprint density at radius 2 is 1.21 bits per heavy atom. The van der Waals surface area contributed by atoms with Crippen LogP contribution in [0.15, 0.2) is 54.6 Å². The number of piperazine rings is 1. The van der Waals surface area contributed by atoms with E-state index in [-0.39, 0.29) is 11.8 Å². The third-order valence-corrected chi connectivity index (χ3v) is 4.31. The minimum Gasteiger partial charge on any atom is -0.335 e. The van der Waals surface area contributed by atoms with E-state index in [0.717, 1.165) is 5.56 Å². The van der Waals surface area contributed by atoms with Crippen molar-refractivity contribution >= 4 is 11.8 Å². The van der Waals surface area contributed by atoms with Gasteiger partial charge in [-0.05, 0) is 29.8 Å².